The zero-order chi connectivity index (χ0) is 12.6. The summed E-state index contributed by atoms with van der Waals surface area (Å²) in [4.78, 5) is -0.0892. The quantitative estimate of drug-likeness (QED) is 0.472. The molecular weight excluding hydrogens is 313 g/mol. The van der Waals surface area contributed by atoms with Crippen LogP contribution in [0.2, 0.25) is 10.0 Å². The molecule has 1 aromatic heterocycles. The summed E-state index contributed by atoms with van der Waals surface area (Å²) < 4.78 is 35.1. The van der Waals surface area contributed by atoms with Gasteiger partial charge in [0.05, 0.1) is 26.8 Å². The van der Waals surface area contributed by atoms with Gasteiger partial charge in [-0.3, -0.25) is 9.31 Å². The molecule has 2 rings (SSSR count). The van der Waals surface area contributed by atoms with Gasteiger partial charge in [0.1, 0.15) is 5.82 Å². The van der Waals surface area contributed by atoms with Gasteiger partial charge >= 0.3 is 29.6 Å². The standard InChI is InChI=1S/C9H5Cl2FN2O2S.Na/c10-5-2-6(11)7(12)1-4(5)9-8(17(15)16)3-13-14-9;/h1-3H,(H,13,14)(H,15,16);/q;+1/p-1. The molecule has 1 heterocycles. The number of benzene rings is 1. The van der Waals surface area contributed by atoms with E-state index >= 15 is 0 Å². The van der Waals surface area contributed by atoms with Gasteiger partial charge in [0, 0.05) is 5.56 Å². The number of hydrogen-bond donors (Lipinski definition) is 1. The van der Waals surface area contributed by atoms with Crippen LogP contribution in [0.4, 0.5) is 4.39 Å². The number of aromatic nitrogens is 2. The Kier molecular flexibility index (Phi) is 5.79. The summed E-state index contributed by atoms with van der Waals surface area (Å²) in [6.07, 6.45) is 1.11. The fourth-order valence-corrected chi connectivity index (χ4v) is 2.25. The summed E-state index contributed by atoms with van der Waals surface area (Å²) in [5, 5.41) is 6.03. The van der Waals surface area contributed by atoms with Gasteiger partial charge < -0.3 is 4.55 Å². The van der Waals surface area contributed by atoms with E-state index in [2.05, 4.69) is 10.2 Å². The van der Waals surface area contributed by atoms with Crippen LogP contribution < -0.4 is 29.6 Å². The minimum Gasteiger partial charge on any atom is -0.768 e. The molecule has 90 valence electrons. The first-order valence-electron chi connectivity index (χ1n) is 4.28. The number of H-pyrrole nitrogens is 1. The fraction of sp³-hybridized carbons (Fsp3) is 0. The average molecular weight is 317 g/mol. The second-order valence-corrected chi connectivity index (χ2v) is 4.81. The summed E-state index contributed by atoms with van der Waals surface area (Å²) in [5.74, 6) is -0.691. The molecule has 0 spiro atoms. The molecule has 18 heavy (non-hydrogen) atoms. The molecule has 0 saturated carbocycles. The molecule has 0 radical (unpaired) electrons. The van der Waals surface area contributed by atoms with E-state index in [1.54, 1.807) is 0 Å². The molecule has 9 heteroatoms. The first-order chi connectivity index (χ1) is 8.00. The minimum atomic E-state index is -2.49. The van der Waals surface area contributed by atoms with Crippen molar-refractivity contribution in [1.29, 1.82) is 0 Å². The third kappa shape index (κ3) is 3.14. The third-order valence-electron chi connectivity index (χ3n) is 2.06. The van der Waals surface area contributed by atoms with Gasteiger partial charge in [-0.1, -0.05) is 23.2 Å². The third-order valence-corrected chi connectivity index (χ3v) is 3.33. The van der Waals surface area contributed by atoms with Gasteiger partial charge in [0.25, 0.3) is 0 Å². The number of rotatable bonds is 2. The smallest absolute Gasteiger partial charge is 0.768 e. The van der Waals surface area contributed by atoms with Crippen LogP contribution in [0.3, 0.4) is 0 Å². The van der Waals surface area contributed by atoms with E-state index in [9.17, 15) is 13.2 Å². The van der Waals surface area contributed by atoms with Crippen molar-refractivity contribution in [3.63, 3.8) is 0 Å². The normalized spacial score (nSPS) is 12.0. The maximum absolute atomic E-state index is 13.3. The van der Waals surface area contributed by atoms with E-state index in [0.717, 1.165) is 12.3 Å². The van der Waals surface area contributed by atoms with E-state index in [1.807, 2.05) is 0 Å². The van der Waals surface area contributed by atoms with Crippen molar-refractivity contribution < 1.29 is 42.7 Å². The average Bonchev–Trinajstić information content (AvgIpc) is 2.72. The number of halogens is 3. The first-order valence-corrected chi connectivity index (χ1v) is 6.11. The molecule has 2 aromatic rings. The summed E-state index contributed by atoms with van der Waals surface area (Å²) in [6.45, 7) is 0. The zero-order valence-electron chi connectivity index (χ0n) is 9.04. The van der Waals surface area contributed by atoms with Crippen molar-refractivity contribution in [1.82, 2.24) is 10.2 Å². The predicted molar refractivity (Wildman–Crippen MR) is 61.2 cm³/mol. The van der Waals surface area contributed by atoms with Gasteiger partial charge in [-0.15, -0.1) is 0 Å². The molecule has 1 aromatic carbocycles. The van der Waals surface area contributed by atoms with E-state index in [-0.39, 0.29) is 55.8 Å². The fourth-order valence-electron chi connectivity index (χ4n) is 1.31. The second-order valence-electron chi connectivity index (χ2n) is 3.09. The van der Waals surface area contributed by atoms with E-state index in [4.69, 9.17) is 23.2 Å². The van der Waals surface area contributed by atoms with Gasteiger partial charge in [0.2, 0.25) is 0 Å². The van der Waals surface area contributed by atoms with Crippen LogP contribution in [0.15, 0.2) is 23.2 Å². The van der Waals surface area contributed by atoms with E-state index < -0.39 is 16.9 Å². The molecule has 1 unspecified atom stereocenters. The predicted octanol–water partition coefficient (Wildman–Crippen LogP) is -0.235. The molecule has 1 N–H and O–H groups in total. The number of nitrogens with one attached hydrogen (secondary N) is 1. The Morgan fingerprint density at radius 2 is 2.00 bits per heavy atom. The summed E-state index contributed by atoms with van der Waals surface area (Å²) in [7, 11) is 0. The Hall–Kier alpha value is 0.0500. The molecule has 0 aliphatic carbocycles. The summed E-state index contributed by atoms with van der Waals surface area (Å²) >= 11 is 8.92. The van der Waals surface area contributed by atoms with E-state index in [1.165, 1.54) is 6.07 Å². The Morgan fingerprint density at radius 3 is 2.61 bits per heavy atom. The molecule has 4 nitrogen and oxygen atoms in total. The number of hydrogen-bond acceptors (Lipinski definition) is 3. The summed E-state index contributed by atoms with van der Waals surface area (Å²) in [6, 6.07) is 2.25. The Balaban J connectivity index is 0.00000162. The van der Waals surface area contributed by atoms with Crippen molar-refractivity contribution >= 4 is 34.3 Å². The van der Waals surface area contributed by atoms with Gasteiger partial charge in [-0.25, -0.2) is 4.39 Å². The van der Waals surface area contributed by atoms with Crippen molar-refractivity contribution in [3.05, 3.63) is 34.2 Å². The topological polar surface area (TPSA) is 68.8 Å². The maximum atomic E-state index is 13.3. The van der Waals surface area contributed by atoms with Gasteiger partial charge in [-0.05, 0) is 23.2 Å². The van der Waals surface area contributed by atoms with Crippen LogP contribution in [0.25, 0.3) is 11.3 Å². The van der Waals surface area contributed by atoms with Gasteiger partial charge in [-0.2, -0.15) is 5.10 Å². The molecule has 0 bridgehead atoms. The van der Waals surface area contributed by atoms with Crippen LogP contribution in [0.5, 0.6) is 0 Å². The van der Waals surface area contributed by atoms with Crippen LogP contribution in [-0.4, -0.2) is 19.0 Å². The van der Waals surface area contributed by atoms with Crippen molar-refractivity contribution in [3.8, 4) is 11.3 Å². The van der Waals surface area contributed by atoms with Crippen LogP contribution >= 0.6 is 23.2 Å². The molecule has 0 amide bonds. The second kappa shape index (κ2) is 6.47. The molecule has 0 fully saturated rings. The number of nitrogens with zero attached hydrogens (tertiary/aromatic N) is 1. The number of aromatic amines is 1. The van der Waals surface area contributed by atoms with Crippen LogP contribution in [0, 0.1) is 5.82 Å². The summed E-state index contributed by atoms with van der Waals surface area (Å²) in [5.41, 5.74) is 0.309. The molecular formula is C9H4Cl2FN2NaO2S. The molecule has 0 saturated heterocycles. The SMILES string of the molecule is O=S([O-])c1cn[nH]c1-c1cc(F)c(Cl)cc1Cl.[Na+]. The van der Waals surface area contributed by atoms with Crippen molar-refractivity contribution in [2.75, 3.05) is 0 Å². The molecule has 0 aliphatic heterocycles. The van der Waals surface area contributed by atoms with Crippen molar-refractivity contribution in [2.45, 2.75) is 4.90 Å². The van der Waals surface area contributed by atoms with Crippen molar-refractivity contribution in [2.24, 2.45) is 0 Å². The Labute approximate surface area is 136 Å². The van der Waals surface area contributed by atoms with Crippen LogP contribution in [-0.2, 0) is 11.1 Å². The van der Waals surface area contributed by atoms with Gasteiger partial charge in [0.15, 0.2) is 0 Å². The van der Waals surface area contributed by atoms with Crippen LogP contribution in [0.1, 0.15) is 0 Å². The largest absolute Gasteiger partial charge is 1.00 e. The Morgan fingerprint density at radius 1 is 1.33 bits per heavy atom. The first kappa shape index (κ1) is 16.1. The molecule has 0 aliphatic rings. The van der Waals surface area contributed by atoms with E-state index in [0.29, 0.717) is 0 Å². The maximum Gasteiger partial charge on any atom is 1.00 e. The molecule has 1 atom stereocenters. The monoisotopic (exact) mass is 316 g/mol. The minimum absolute atomic E-state index is 0. The zero-order valence-corrected chi connectivity index (χ0v) is 13.4. The Bertz CT molecular complexity index is 608.